The van der Waals surface area contributed by atoms with Gasteiger partial charge in [-0.2, -0.15) is 0 Å². The second-order valence-electron chi connectivity index (χ2n) is 6.17. The van der Waals surface area contributed by atoms with Gasteiger partial charge in [-0.3, -0.25) is 4.79 Å². The zero-order valence-electron chi connectivity index (χ0n) is 15.3. The lowest BCUT2D eigenvalue weighted by Crippen LogP contribution is -2.30. The van der Waals surface area contributed by atoms with Crippen molar-refractivity contribution in [3.05, 3.63) is 97.1 Å². The van der Waals surface area contributed by atoms with Crippen LogP contribution in [0, 0.1) is 36.0 Å². The minimum Gasteiger partial charge on any atom is -0.487 e. The van der Waals surface area contributed by atoms with Crippen molar-refractivity contribution in [2.45, 2.75) is 20.1 Å². The van der Waals surface area contributed by atoms with Crippen molar-refractivity contribution in [1.82, 2.24) is 4.73 Å². The molecule has 158 valence electrons. The number of pyridine rings is 1. The summed E-state index contributed by atoms with van der Waals surface area (Å²) in [5.41, 5.74) is -1.45. The summed E-state index contributed by atoms with van der Waals surface area (Å²) in [4.78, 5) is 17.8. The van der Waals surface area contributed by atoms with E-state index in [-0.39, 0.29) is 21.5 Å². The maximum Gasteiger partial charge on any atom is 0.301 e. The predicted octanol–water partition coefficient (Wildman–Crippen LogP) is 4.82. The summed E-state index contributed by atoms with van der Waals surface area (Å²) >= 11 is 3.01. The van der Waals surface area contributed by atoms with Crippen molar-refractivity contribution in [3.8, 4) is 5.75 Å². The Bertz CT molecular complexity index is 1120. The highest BCUT2D eigenvalue weighted by atomic mass is 79.9. The lowest BCUT2D eigenvalue weighted by atomic mass is 10.2. The number of ether oxygens (including phenoxy) is 1. The van der Waals surface area contributed by atoms with E-state index in [1.165, 1.54) is 19.1 Å². The Morgan fingerprint density at radius 2 is 1.47 bits per heavy atom. The molecule has 10 heteroatoms. The maximum absolute atomic E-state index is 13.7. The minimum atomic E-state index is -1.14. The molecule has 4 nitrogen and oxygen atoms in total. The first-order valence-electron chi connectivity index (χ1n) is 8.43. The minimum absolute atomic E-state index is 0.0578. The summed E-state index contributed by atoms with van der Waals surface area (Å²) in [6.07, 6.45) is 0. The molecule has 0 atom stereocenters. The summed E-state index contributed by atoms with van der Waals surface area (Å²) < 4.78 is 73.9. The van der Waals surface area contributed by atoms with Gasteiger partial charge in [-0.1, -0.05) is 6.07 Å². The van der Waals surface area contributed by atoms with Gasteiger partial charge in [-0.25, -0.2) is 22.0 Å². The van der Waals surface area contributed by atoms with Crippen molar-refractivity contribution in [2.24, 2.45) is 0 Å². The van der Waals surface area contributed by atoms with Crippen LogP contribution in [0.4, 0.5) is 22.0 Å². The number of hydrogen-bond donors (Lipinski definition) is 0. The highest BCUT2D eigenvalue weighted by molar-refractivity contribution is 9.10. The van der Waals surface area contributed by atoms with Crippen LogP contribution >= 0.6 is 15.9 Å². The van der Waals surface area contributed by atoms with E-state index >= 15 is 0 Å². The van der Waals surface area contributed by atoms with Crippen molar-refractivity contribution in [3.63, 3.8) is 0 Å². The second-order valence-corrected chi connectivity index (χ2v) is 6.97. The van der Waals surface area contributed by atoms with E-state index in [2.05, 4.69) is 15.9 Å². The largest absolute Gasteiger partial charge is 0.487 e. The number of hydrogen-bond acceptors (Lipinski definition) is 3. The Morgan fingerprint density at radius 1 is 0.900 bits per heavy atom. The van der Waals surface area contributed by atoms with Crippen LogP contribution in [0.2, 0.25) is 0 Å². The topological polar surface area (TPSA) is 40.5 Å². The summed E-state index contributed by atoms with van der Waals surface area (Å²) in [5.74, 6) is -5.06. The molecule has 0 unspecified atom stereocenters. The first-order valence-corrected chi connectivity index (χ1v) is 9.23. The van der Waals surface area contributed by atoms with Crippen LogP contribution in [-0.2, 0) is 13.2 Å². The molecule has 0 amide bonds. The molecule has 1 heterocycles. The average molecular weight is 490 g/mol. The van der Waals surface area contributed by atoms with Gasteiger partial charge in [0.05, 0.1) is 16.8 Å². The van der Waals surface area contributed by atoms with E-state index in [0.717, 1.165) is 16.9 Å². The molecule has 30 heavy (non-hydrogen) atoms. The van der Waals surface area contributed by atoms with Gasteiger partial charge in [0.2, 0.25) is 0 Å². The molecule has 3 aromatic rings. The zero-order chi connectivity index (χ0) is 22.0. The van der Waals surface area contributed by atoms with Crippen LogP contribution in [0.3, 0.4) is 0 Å². The molecule has 0 radical (unpaired) electrons. The van der Waals surface area contributed by atoms with Gasteiger partial charge in [0, 0.05) is 18.2 Å². The second kappa shape index (κ2) is 8.86. The first-order chi connectivity index (χ1) is 14.2. The van der Waals surface area contributed by atoms with Gasteiger partial charge in [0.15, 0.2) is 0 Å². The molecule has 1 aromatic heterocycles. The van der Waals surface area contributed by atoms with Gasteiger partial charge < -0.3 is 9.57 Å². The molecule has 0 bridgehead atoms. The van der Waals surface area contributed by atoms with Crippen LogP contribution < -0.4 is 15.1 Å². The van der Waals surface area contributed by atoms with Gasteiger partial charge in [-0.05, 0) is 35.0 Å². The molecule has 0 aliphatic carbocycles. The smallest absolute Gasteiger partial charge is 0.301 e. The molecular formula is C20H13BrF5NO3. The fraction of sp³-hybridized carbons (Fsp3) is 0.150. The molecule has 0 aliphatic rings. The molecular weight excluding hydrogens is 477 g/mol. The molecule has 0 N–H and O–H groups in total. The summed E-state index contributed by atoms with van der Waals surface area (Å²) in [5, 5.41) is 0. The molecule has 3 rings (SSSR count). The zero-order valence-corrected chi connectivity index (χ0v) is 16.9. The fourth-order valence-electron chi connectivity index (χ4n) is 2.59. The number of nitrogens with zero attached hydrogens (tertiary/aromatic N) is 1. The van der Waals surface area contributed by atoms with Crippen molar-refractivity contribution in [2.75, 3.05) is 0 Å². The SMILES string of the molecule is Cc1cc(OCc2c(F)cc(F)cc2F)c(Br)c(=O)n1OCc1c(F)cccc1F. The molecule has 0 spiro atoms. The third-order valence-electron chi connectivity index (χ3n) is 4.13. The first kappa shape index (κ1) is 21.8. The Kier molecular flexibility index (Phi) is 6.45. The standard InChI is InChI=1S/C20H13BrF5NO3/c1-10-5-18(29-8-12-16(25)6-11(22)7-17(12)26)19(21)20(28)27(10)30-9-13-14(23)3-2-4-15(13)24/h2-7H,8-9H2,1H3. The molecule has 0 aliphatic heterocycles. The lowest BCUT2D eigenvalue weighted by molar-refractivity contribution is 0.0793. The number of benzene rings is 2. The number of aryl methyl sites for hydroxylation is 1. The number of aromatic nitrogens is 1. The average Bonchev–Trinajstić information content (AvgIpc) is 2.66. The lowest BCUT2D eigenvalue weighted by Gasteiger charge is -2.16. The molecule has 0 saturated heterocycles. The van der Waals surface area contributed by atoms with Crippen molar-refractivity contribution in [1.29, 1.82) is 0 Å². The van der Waals surface area contributed by atoms with E-state index in [1.807, 2.05) is 0 Å². The Hall–Kier alpha value is -2.88. The van der Waals surface area contributed by atoms with Gasteiger partial charge >= 0.3 is 5.56 Å². The maximum atomic E-state index is 13.7. The normalized spacial score (nSPS) is 10.9. The van der Waals surface area contributed by atoms with E-state index in [9.17, 15) is 26.7 Å². The molecule has 0 fully saturated rings. The highest BCUT2D eigenvalue weighted by Crippen LogP contribution is 2.25. The summed E-state index contributed by atoms with van der Waals surface area (Å²) in [6.45, 7) is 0.288. The van der Waals surface area contributed by atoms with Crippen molar-refractivity contribution < 1.29 is 31.5 Å². The third-order valence-corrected chi connectivity index (χ3v) is 4.86. The van der Waals surface area contributed by atoms with E-state index < -0.39 is 53.4 Å². The van der Waals surface area contributed by atoms with Crippen LogP contribution in [0.15, 0.2) is 45.7 Å². The Balaban J connectivity index is 1.82. The molecule has 0 saturated carbocycles. The van der Waals surface area contributed by atoms with Crippen LogP contribution in [0.25, 0.3) is 0 Å². The van der Waals surface area contributed by atoms with Crippen molar-refractivity contribution >= 4 is 15.9 Å². The van der Waals surface area contributed by atoms with E-state index in [4.69, 9.17) is 9.57 Å². The van der Waals surface area contributed by atoms with Crippen LogP contribution in [0.5, 0.6) is 5.75 Å². The quantitative estimate of drug-likeness (QED) is 0.466. The summed E-state index contributed by atoms with van der Waals surface area (Å²) in [6, 6.07) is 5.64. The van der Waals surface area contributed by atoms with E-state index in [1.54, 1.807) is 0 Å². The third kappa shape index (κ3) is 4.48. The Labute approximate surface area is 175 Å². The van der Waals surface area contributed by atoms with Gasteiger partial charge in [-0.15, -0.1) is 4.73 Å². The highest BCUT2D eigenvalue weighted by Gasteiger charge is 2.17. The monoisotopic (exact) mass is 489 g/mol. The van der Waals surface area contributed by atoms with Gasteiger partial charge in [0.1, 0.15) is 52.5 Å². The number of halogens is 6. The van der Waals surface area contributed by atoms with E-state index in [0.29, 0.717) is 12.1 Å². The summed E-state index contributed by atoms with van der Waals surface area (Å²) in [7, 11) is 0. The van der Waals surface area contributed by atoms with Crippen LogP contribution in [-0.4, -0.2) is 4.73 Å². The number of rotatable bonds is 6. The fourth-order valence-corrected chi connectivity index (χ4v) is 2.98. The Morgan fingerprint density at radius 3 is 2.07 bits per heavy atom. The van der Waals surface area contributed by atoms with Gasteiger partial charge in [0.25, 0.3) is 0 Å². The predicted molar refractivity (Wildman–Crippen MR) is 100 cm³/mol. The molecule has 2 aromatic carbocycles. The van der Waals surface area contributed by atoms with Crippen LogP contribution in [0.1, 0.15) is 16.8 Å².